The number of aromatic nitrogens is 1. The number of benzene rings is 2. The summed E-state index contributed by atoms with van der Waals surface area (Å²) in [5, 5.41) is 3.20. The summed E-state index contributed by atoms with van der Waals surface area (Å²) in [6.45, 7) is 5.83. The molecule has 1 unspecified atom stereocenters. The Morgan fingerprint density at radius 1 is 1.07 bits per heavy atom. The van der Waals surface area contributed by atoms with Gasteiger partial charge in [-0.1, -0.05) is 48.5 Å². The van der Waals surface area contributed by atoms with Crippen molar-refractivity contribution in [1.29, 1.82) is 0 Å². The summed E-state index contributed by atoms with van der Waals surface area (Å²) in [6, 6.07) is 19.7. The molecular formula is C24H27N3O3. The van der Waals surface area contributed by atoms with Crippen molar-refractivity contribution in [2.45, 2.75) is 19.4 Å². The van der Waals surface area contributed by atoms with E-state index in [9.17, 15) is 4.79 Å². The molecule has 1 aliphatic rings. The van der Waals surface area contributed by atoms with E-state index in [0.29, 0.717) is 17.3 Å². The van der Waals surface area contributed by atoms with Gasteiger partial charge in [0.2, 0.25) is 11.8 Å². The fourth-order valence-electron chi connectivity index (χ4n) is 3.66. The second kappa shape index (κ2) is 9.69. The molecule has 0 saturated carbocycles. The van der Waals surface area contributed by atoms with Crippen LogP contribution in [0.15, 0.2) is 65.1 Å². The monoisotopic (exact) mass is 405 g/mol. The van der Waals surface area contributed by atoms with Crippen molar-refractivity contribution in [2.24, 2.45) is 0 Å². The zero-order valence-corrected chi connectivity index (χ0v) is 17.2. The second-order valence-corrected chi connectivity index (χ2v) is 7.51. The molecule has 0 radical (unpaired) electrons. The summed E-state index contributed by atoms with van der Waals surface area (Å²) in [7, 11) is 0. The van der Waals surface area contributed by atoms with Gasteiger partial charge in [-0.2, -0.15) is 0 Å². The number of rotatable bonds is 7. The van der Waals surface area contributed by atoms with Crippen LogP contribution in [-0.2, 0) is 16.0 Å². The van der Waals surface area contributed by atoms with E-state index in [4.69, 9.17) is 9.15 Å². The Labute approximate surface area is 176 Å². The van der Waals surface area contributed by atoms with E-state index in [1.54, 1.807) is 0 Å². The van der Waals surface area contributed by atoms with E-state index in [1.807, 2.05) is 55.5 Å². The van der Waals surface area contributed by atoms with Gasteiger partial charge in [0.15, 0.2) is 0 Å². The number of carbonyl (C=O) groups excluding carboxylic acids is 1. The first kappa shape index (κ1) is 20.3. The first-order valence-electron chi connectivity index (χ1n) is 10.3. The zero-order chi connectivity index (χ0) is 20.8. The van der Waals surface area contributed by atoms with E-state index >= 15 is 0 Å². The first-order valence-corrected chi connectivity index (χ1v) is 10.3. The Kier molecular flexibility index (Phi) is 6.57. The van der Waals surface area contributed by atoms with Gasteiger partial charge in [-0.05, 0) is 24.6 Å². The highest BCUT2D eigenvalue weighted by molar-refractivity contribution is 5.79. The molecule has 1 N–H and O–H groups in total. The summed E-state index contributed by atoms with van der Waals surface area (Å²) in [6.07, 6.45) is 0.189. The average molecular weight is 405 g/mol. The molecule has 6 heteroatoms. The fourth-order valence-corrected chi connectivity index (χ4v) is 3.66. The molecule has 0 bridgehead atoms. The lowest BCUT2D eigenvalue weighted by Gasteiger charge is -2.31. The molecule has 1 saturated heterocycles. The Morgan fingerprint density at radius 2 is 1.73 bits per heavy atom. The molecule has 1 atom stereocenters. The molecule has 30 heavy (non-hydrogen) atoms. The summed E-state index contributed by atoms with van der Waals surface area (Å²) in [5.74, 6) is 1.16. The van der Waals surface area contributed by atoms with E-state index in [0.717, 1.165) is 44.0 Å². The number of oxazole rings is 1. The summed E-state index contributed by atoms with van der Waals surface area (Å²) in [4.78, 5) is 19.8. The number of ether oxygens (including phenoxy) is 1. The maximum atomic E-state index is 12.9. The van der Waals surface area contributed by atoms with Crippen LogP contribution in [0.5, 0.6) is 0 Å². The molecular weight excluding hydrogens is 378 g/mol. The Hall–Kier alpha value is -2.96. The van der Waals surface area contributed by atoms with Gasteiger partial charge in [-0.25, -0.2) is 4.98 Å². The second-order valence-electron chi connectivity index (χ2n) is 7.51. The van der Waals surface area contributed by atoms with E-state index < -0.39 is 0 Å². The number of hydrogen-bond donors (Lipinski definition) is 1. The van der Waals surface area contributed by atoms with E-state index in [1.165, 1.54) is 0 Å². The van der Waals surface area contributed by atoms with E-state index in [-0.39, 0.29) is 18.4 Å². The quantitative estimate of drug-likeness (QED) is 0.653. The van der Waals surface area contributed by atoms with Crippen LogP contribution in [0.3, 0.4) is 0 Å². The average Bonchev–Trinajstić information content (AvgIpc) is 3.15. The van der Waals surface area contributed by atoms with Crippen LogP contribution >= 0.6 is 0 Å². The smallest absolute Gasteiger partial charge is 0.226 e. The van der Waals surface area contributed by atoms with Gasteiger partial charge >= 0.3 is 0 Å². The number of hydrogen-bond acceptors (Lipinski definition) is 5. The lowest BCUT2D eigenvalue weighted by Crippen LogP contribution is -2.43. The lowest BCUT2D eigenvalue weighted by molar-refractivity contribution is -0.121. The fraction of sp³-hybridized carbons (Fsp3) is 0.333. The molecule has 1 fully saturated rings. The summed E-state index contributed by atoms with van der Waals surface area (Å²) in [5.41, 5.74) is 2.67. The Morgan fingerprint density at radius 3 is 2.43 bits per heavy atom. The number of nitrogens with one attached hydrogen (secondary N) is 1. The molecule has 4 rings (SSSR count). The molecule has 1 aromatic heterocycles. The molecule has 2 heterocycles. The van der Waals surface area contributed by atoms with Gasteiger partial charge in [0.25, 0.3) is 0 Å². The number of carbonyl (C=O) groups is 1. The van der Waals surface area contributed by atoms with Crippen molar-refractivity contribution in [3.05, 3.63) is 77.7 Å². The van der Waals surface area contributed by atoms with Crippen LogP contribution in [0.2, 0.25) is 0 Å². The molecule has 1 amide bonds. The normalized spacial score (nSPS) is 15.6. The molecule has 3 aromatic rings. The minimum absolute atomic E-state index is 0.0619. The zero-order valence-electron chi connectivity index (χ0n) is 17.2. The van der Waals surface area contributed by atoms with Gasteiger partial charge in [0.1, 0.15) is 5.76 Å². The highest BCUT2D eigenvalue weighted by Crippen LogP contribution is 2.22. The van der Waals surface area contributed by atoms with Crippen molar-refractivity contribution >= 4 is 5.91 Å². The van der Waals surface area contributed by atoms with Crippen molar-refractivity contribution in [1.82, 2.24) is 15.2 Å². The molecule has 156 valence electrons. The van der Waals surface area contributed by atoms with Gasteiger partial charge in [-0.3, -0.25) is 9.69 Å². The molecule has 6 nitrogen and oxygen atoms in total. The third kappa shape index (κ3) is 5.14. The predicted octanol–water partition coefficient (Wildman–Crippen LogP) is 3.38. The van der Waals surface area contributed by atoms with Crippen LogP contribution in [0.1, 0.15) is 23.1 Å². The maximum absolute atomic E-state index is 12.9. The van der Waals surface area contributed by atoms with Crippen LogP contribution < -0.4 is 5.32 Å². The summed E-state index contributed by atoms with van der Waals surface area (Å²) >= 11 is 0. The Bertz CT molecular complexity index is 950. The Balaban J connectivity index is 1.45. The van der Waals surface area contributed by atoms with Crippen molar-refractivity contribution in [3.8, 4) is 11.5 Å². The third-order valence-corrected chi connectivity index (χ3v) is 5.32. The minimum atomic E-state index is -0.0856. The number of morpholine rings is 1. The molecule has 2 aromatic carbocycles. The first-order chi connectivity index (χ1) is 14.7. The van der Waals surface area contributed by atoms with Crippen molar-refractivity contribution < 1.29 is 13.9 Å². The number of amides is 1. The summed E-state index contributed by atoms with van der Waals surface area (Å²) < 4.78 is 11.3. The van der Waals surface area contributed by atoms with E-state index in [2.05, 4.69) is 27.3 Å². The minimum Gasteiger partial charge on any atom is -0.441 e. The molecule has 0 spiro atoms. The van der Waals surface area contributed by atoms with Gasteiger partial charge in [0, 0.05) is 25.2 Å². The van der Waals surface area contributed by atoms with Crippen LogP contribution in [0.25, 0.3) is 11.5 Å². The highest BCUT2D eigenvalue weighted by atomic mass is 16.5. The van der Waals surface area contributed by atoms with Crippen molar-refractivity contribution in [2.75, 3.05) is 32.8 Å². The molecule has 1 aliphatic heterocycles. The van der Waals surface area contributed by atoms with Gasteiger partial charge in [0.05, 0.1) is 31.4 Å². The van der Waals surface area contributed by atoms with Crippen molar-refractivity contribution in [3.63, 3.8) is 0 Å². The maximum Gasteiger partial charge on any atom is 0.226 e. The number of nitrogens with zero attached hydrogens (tertiary/aromatic N) is 2. The lowest BCUT2D eigenvalue weighted by atomic mass is 10.1. The SMILES string of the molecule is Cc1oc(-c2ccccc2)nc1CC(=O)NC(CN1CCOCC1)c1ccccc1. The van der Waals surface area contributed by atoms with Crippen LogP contribution in [-0.4, -0.2) is 48.6 Å². The topological polar surface area (TPSA) is 67.6 Å². The third-order valence-electron chi connectivity index (χ3n) is 5.32. The van der Waals surface area contributed by atoms with Gasteiger partial charge in [-0.15, -0.1) is 0 Å². The highest BCUT2D eigenvalue weighted by Gasteiger charge is 2.21. The van der Waals surface area contributed by atoms with Crippen LogP contribution in [0, 0.1) is 6.92 Å². The van der Waals surface area contributed by atoms with Crippen LogP contribution in [0.4, 0.5) is 0 Å². The molecule has 0 aliphatic carbocycles. The van der Waals surface area contributed by atoms with Gasteiger partial charge < -0.3 is 14.5 Å². The predicted molar refractivity (Wildman–Crippen MR) is 115 cm³/mol. The standard InChI is InChI=1S/C24H27N3O3/c1-18-21(26-24(30-18)20-10-6-3-7-11-20)16-23(28)25-22(19-8-4-2-5-9-19)17-27-12-14-29-15-13-27/h2-11,22H,12-17H2,1H3,(H,25,28). The largest absolute Gasteiger partial charge is 0.441 e. The number of aryl methyl sites for hydroxylation is 1.